The molecule has 0 saturated carbocycles. The van der Waals surface area contributed by atoms with Crippen LogP contribution in [0.3, 0.4) is 0 Å². The Bertz CT molecular complexity index is 1610. The summed E-state index contributed by atoms with van der Waals surface area (Å²) in [5.41, 5.74) is 8.64. The van der Waals surface area contributed by atoms with Crippen molar-refractivity contribution in [3.63, 3.8) is 0 Å². The van der Waals surface area contributed by atoms with E-state index in [2.05, 4.69) is 34.6 Å². The number of fused-ring (bicyclic) bond motifs is 2. The van der Waals surface area contributed by atoms with Crippen molar-refractivity contribution >= 4 is 17.5 Å². The zero-order valence-electron chi connectivity index (χ0n) is 26.9. The average Bonchev–Trinajstić information content (AvgIpc) is 3.37. The number of hydrogen-bond acceptors (Lipinski definition) is 6. The van der Waals surface area contributed by atoms with Gasteiger partial charge >= 0.3 is 0 Å². The molecule has 238 valence electrons. The molecule has 0 bridgehead atoms. The van der Waals surface area contributed by atoms with Crippen LogP contribution in [0.5, 0.6) is 0 Å². The van der Waals surface area contributed by atoms with Crippen LogP contribution < -0.4 is 15.5 Å². The Labute approximate surface area is 265 Å². The first-order valence-electron chi connectivity index (χ1n) is 16.3. The van der Waals surface area contributed by atoms with E-state index in [9.17, 15) is 9.59 Å². The van der Waals surface area contributed by atoms with E-state index in [0.717, 1.165) is 86.4 Å². The molecule has 2 aromatic carbocycles. The van der Waals surface area contributed by atoms with Crippen molar-refractivity contribution in [2.45, 2.75) is 77.7 Å². The lowest BCUT2D eigenvalue weighted by molar-refractivity contribution is 0.0506. The molecular formula is C37H44FN3O4. The van der Waals surface area contributed by atoms with E-state index in [0.29, 0.717) is 41.2 Å². The number of anilines is 1. The van der Waals surface area contributed by atoms with Crippen LogP contribution >= 0.6 is 0 Å². The minimum atomic E-state index is -0.266. The first-order valence-corrected chi connectivity index (χ1v) is 16.3. The maximum atomic E-state index is 16.0. The Balaban J connectivity index is 1.42. The quantitative estimate of drug-likeness (QED) is 0.369. The van der Waals surface area contributed by atoms with Gasteiger partial charge in [0.05, 0.1) is 0 Å². The summed E-state index contributed by atoms with van der Waals surface area (Å²) in [4.78, 5) is 28.0. The molecule has 2 saturated heterocycles. The highest BCUT2D eigenvalue weighted by atomic mass is 19.1. The fourth-order valence-corrected chi connectivity index (χ4v) is 7.83. The van der Waals surface area contributed by atoms with Gasteiger partial charge in [-0.2, -0.15) is 0 Å². The second-order valence-corrected chi connectivity index (χ2v) is 13.0. The molecule has 3 heterocycles. The molecule has 4 aliphatic rings. The molecule has 1 spiro atoms. The molecule has 2 N–H and O–H groups in total. The number of ether oxygens (including phenoxy) is 2. The lowest BCUT2D eigenvalue weighted by atomic mass is 9.75. The molecule has 3 aliphatic heterocycles. The number of halogens is 1. The number of aryl methyl sites for hydroxylation is 1. The van der Waals surface area contributed by atoms with E-state index < -0.39 is 0 Å². The van der Waals surface area contributed by atoms with Crippen molar-refractivity contribution in [1.29, 1.82) is 0 Å². The van der Waals surface area contributed by atoms with Crippen LogP contribution in [0.25, 0.3) is 11.1 Å². The lowest BCUT2D eigenvalue weighted by Crippen LogP contribution is -2.40. The zero-order valence-corrected chi connectivity index (χ0v) is 26.9. The van der Waals surface area contributed by atoms with E-state index in [1.54, 1.807) is 6.07 Å². The first-order chi connectivity index (χ1) is 21.7. The fraction of sp³-hybridized carbons (Fsp3) is 0.486. The van der Waals surface area contributed by atoms with Crippen LogP contribution in [0.15, 0.2) is 52.9 Å². The molecule has 45 heavy (non-hydrogen) atoms. The summed E-state index contributed by atoms with van der Waals surface area (Å²) in [5.74, 6) is 1.45. The summed E-state index contributed by atoms with van der Waals surface area (Å²) in [7, 11) is 0. The van der Waals surface area contributed by atoms with E-state index in [-0.39, 0.29) is 29.7 Å². The highest BCUT2D eigenvalue weighted by Gasteiger charge is 2.40. The van der Waals surface area contributed by atoms with Crippen molar-refractivity contribution in [2.75, 3.05) is 44.4 Å². The van der Waals surface area contributed by atoms with Gasteiger partial charge in [-0.05, 0) is 124 Å². The number of nitrogens with zero attached hydrogens (tertiary/aromatic N) is 1. The minimum absolute atomic E-state index is 0.0253. The fourth-order valence-electron chi connectivity index (χ4n) is 7.83. The number of allylic oxidation sites excluding steroid dienone is 3. The Morgan fingerprint density at radius 3 is 2.51 bits per heavy atom. The van der Waals surface area contributed by atoms with Crippen molar-refractivity contribution in [1.82, 2.24) is 10.6 Å². The molecule has 0 radical (unpaired) electrons. The lowest BCUT2D eigenvalue weighted by Gasteiger charge is -2.37. The third-order valence-electron chi connectivity index (χ3n) is 10.4. The molecule has 7 nitrogen and oxygen atoms in total. The highest BCUT2D eigenvalue weighted by molar-refractivity contribution is 5.99. The number of carbonyl (C=O) groups is 1. The number of hydrogen-bond donors (Lipinski definition) is 2. The van der Waals surface area contributed by atoms with Gasteiger partial charge in [0, 0.05) is 79.1 Å². The third kappa shape index (κ3) is 5.99. The summed E-state index contributed by atoms with van der Waals surface area (Å²) < 4.78 is 27.4. The Hall–Kier alpha value is -3.71. The molecule has 2 aromatic rings. The largest absolute Gasteiger partial charge is 0.381 e. The van der Waals surface area contributed by atoms with Crippen LogP contribution in [-0.4, -0.2) is 57.4 Å². The standard InChI is InChI=1S/C37H44FN3O4/c1-5-41(28-7-12-44-13-8-28)35-19-27(30-20-32-26(18-33(30)38)6-9-37(32)10-14-45-15-11-37)17-29(25(35)4)36(43)39-21-31-23(2)16-24(3)40-34(31)22-42/h16-20,28,40H,5-15,21H2,1-4H3,(H,39,43). The number of nitrogens with one attached hydrogen (secondary N) is 2. The Morgan fingerprint density at radius 2 is 1.80 bits per heavy atom. The summed E-state index contributed by atoms with van der Waals surface area (Å²) in [5, 5.41) is 6.10. The third-order valence-corrected chi connectivity index (χ3v) is 10.4. The van der Waals surface area contributed by atoms with Crippen molar-refractivity contribution < 1.29 is 23.5 Å². The number of rotatable bonds is 7. The normalized spacial score (nSPS) is 19.6. The van der Waals surface area contributed by atoms with Crippen molar-refractivity contribution in [2.24, 2.45) is 0 Å². The topological polar surface area (TPSA) is 79.9 Å². The van der Waals surface area contributed by atoms with Gasteiger partial charge < -0.3 is 25.0 Å². The summed E-state index contributed by atoms with van der Waals surface area (Å²) >= 11 is 0. The van der Waals surface area contributed by atoms with Crippen LogP contribution in [0, 0.1) is 12.7 Å². The molecule has 0 unspecified atom stereocenters. The van der Waals surface area contributed by atoms with E-state index in [4.69, 9.17) is 9.47 Å². The number of amides is 1. The van der Waals surface area contributed by atoms with Gasteiger partial charge in [-0.3, -0.25) is 4.79 Å². The average molecular weight is 614 g/mol. The number of dihydropyridines is 1. The number of benzene rings is 2. The van der Waals surface area contributed by atoms with Gasteiger partial charge in [0.15, 0.2) is 5.94 Å². The Morgan fingerprint density at radius 1 is 1.07 bits per heavy atom. The maximum absolute atomic E-state index is 16.0. The highest BCUT2D eigenvalue weighted by Crippen LogP contribution is 2.48. The van der Waals surface area contributed by atoms with Crippen LogP contribution in [0.4, 0.5) is 10.1 Å². The second-order valence-electron chi connectivity index (χ2n) is 13.0. The molecule has 6 rings (SSSR count). The van der Waals surface area contributed by atoms with Crippen LogP contribution in [0.1, 0.15) is 79.9 Å². The molecule has 2 fully saturated rings. The van der Waals surface area contributed by atoms with Gasteiger partial charge in [0.25, 0.3) is 5.91 Å². The van der Waals surface area contributed by atoms with Crippen molar-refractivity contribution in [3.8, 4) is 11.1 Å². The first kappa shape index (κ1) is 31.3. The van der Waals surface area contributed by atoms with E-state index in [1.165, 1.54) is 5.56 Å². The van der Waals surface area contributed by atoms with Crippen LogP contribution in [0.2, 0.25) is 0 Å². The van der Waals surface area contributed by atoms with E-state index in [1.807, 2.05) is 38.9 Å². The smallest absolute Gasteiger partial charge is 0.251 e. The monoisotopic (exact) mass is 613 g/mol. The van der Waals surface area contributed by atoms with Gasteiger partial charge in [-0.1, -0.05) is 0 Å². The number of carbonyl (C=O) groups excluding carboxylic acids is 2. The van der Waals surface area contributed by atoms with Crippen LogP contribution in [-0.2, 0) is 26.1 Å². The van der Waals surface area contributed by atoms with Gasteiger partial charge in [-0.15, -0.1) is 0 Å². The molecule has 8 heteroatoms. The molecular weight excluding hydrogens is 569 g/mol. The minimum Gasteiger partial charge on any atom is -0.381 e. The molecule has 0 atom stereocenters. The summed E-state index contributed by atoms with van der Waals surface area (Å²) in [6.45, 7) is 11.7. The second kappa shape index (κ2) is 13.0. The molecule has 1 amide bonds. The Kier molecular flexibility index (Phi) is 9.00. The van der Waals surface area contributed by atoms with Gasteiger partial charge in [0.2, 0.25) is 0 Å². The zero-order chi connectivity index (χ0) is 31.7. The maximum Gasteiger partial charge on any atom is 0.251 e. The predicted molar refractivity (Wildman–Crippen MR) is 175 cm³/mol. The predicted octanol–water partition coefficient (Wildman–Crippen LogP) is 6.07. The summed E-state index contributed by atoms with van der Waals surface area (Å²) in [6.07, 6.45) is 7.52. The van der Waals surface area contributed by atoms with Gasteiger partial charge in [0.1, 0.15) is 11.5 Å². The van der Waals surface area contributed by atoms with Gasteiger partial charge in [-0.25, -0.2) is 9.18 Å². The summed E-state index contributed by atoms with van der Waals surface area (Å²) in [6, 6.07) is 7.95. The molecule has 0 aromatic heterocycles. The SMILES string of the molecule is CCN(c1cc(-c2cc3c(cc2F)CCC32CCOCC2)cc(C(=O)NCC2=C(C)C=C(C)NC2=C=O)c1C)C1CCOCC1. The van der Waals surface area contributed by atoms with E-state index >= 15 is 4.39 Å². The molecule has 1 aliphatic carbocycles. The van der Waals surface area contributed by atoms with Crippen molar-refractivity contribution in [3.05, 3.63) is 81.0 Å².